The Hall–Kier alpha value is -0.620. The number of phosphoric acid groups is 1. The van der Waals surface area contributed by atoms with Crippen LogP contribution in [0.25, 0.3) is 0 Å². The van der Waals surface area contributed by atoms with Gasteiger partial charge in [0.1, 0.15) is 12.2 Å². The van der Waals surface area contributed by atoms with Crippen molar-refractivity contribution in [1.29, 1.82) is 0 Å². The molecule has 1 rings (SSSR count). The van der Waals surface area contributed by atoms with E-state index in [-0.39, 0.29) is 19.6 Å². The quantitative estimate of drug-likeness (QED) is 0.297. The molecule has 12 heteroatoms. The molecule has 0 bridgehead atoms. The average molecular weight is 388 g/mol. The zero-order chi connectivity index (χ0) is 19.3. The molecule has 0 radical (unpaired) electrons. The highest BCUT2D eigenvalue weighted by Gasteiger charge is 2.55. The van der Waals surface area contributed by atoms with Crippen LogP contribution in [0.5, 0.6) is 0 Å². The number of hydrogen-bond acceptors (Lipinski definition) is 10. The molecule has 0 aromatic carbocycles. The lowest BCUT2D eigenvalue weighted by Gasteiger charge is -2.42. The van der Waals surface area contributed by atoms with E-state index < -0.39 is 57.0 Å². The standard InChI is InChI=1S/C13H25O11P/c1-3-21-25(20,22-4-2)24-13(12(18)19)6-8(15)5-10(23-13)11(17)9(16)7-14/h8-11,14-17H,3-7H2,1-2H3,(H,18,19)/t8-,9-,10-,11-,13-/m1/s1. The van der Waals surface area contributed by atoms with Gasteiger partial charge in [-0.2, -0.15) is 0 Å². The number of hydrogen-bond donors (Lipinski definition) is 5. The van der Waals surface area contributed by atoms with E-state index in [4.69, 9.17) is 23.4 Å². The summed E-state index contributed by atoms with van der Waals surface area (Å²) in [5.74, 6) is -4.35. The molecule has 25 heavy (non-hydrogen) atoms. The van der Waals surface area contributed by atoms with E-state index in [2.05, 4.69) is 0 Å². The zero-order valence-corrected chi connectivity index (χ0v) is 14.9. The molecule has 5 N–H and O–H groups in total. The Morgan fingerprint density at radius 2 is 1.88 bits per heavy atom. The molecule has 0 spiro atoms. The molecule has 0 saturated carbocycles. The number of aliphatic carboxylic acids is 1. The molecule has 5 atom stereocenters. The summed E-state index contributed by atoms with van der Waals surface area (Å²) >= 11 is 0. The van der Waals surface area contributed by atoms with Crippen LogP contribution in [-0.4, -0.2) is 81.5 Å². The monoisotopic (exact) mass is 388 g/mol. The summed E-state index contributed by atoms with van der Waals surface area (Å²) in [5.41, 5.74) is 0. The lowest BCUT2D eigenvalue weighted by Crippen LogP contribution is -2.57. The third kappa shape index (κ3) is 5.68. The Balaban J connectivity index is 3.13. The van der Waals surface area contributed by atoms with Crippen LogP contribution >= 0.6 is 7.82 Å². The Morgan fingerprint density at radius 3 is 2.32 bits per heavy atom. The van der Waals surface area contributed by atoms with E-state index in [0.29, 0.717) is 0 Å². The normalized spacial score (nSPS) is 30.0. The largest absolute Gasteiger partial charge is 0.477 e. The molecule has 0 aromatic rings. The topological polar surface area (TPSA) is 172 Å². The minimum Gasteiger partial charge on any atom is -0.477 e. The molecule has 1 aliphatic rings. The molecular formula is C13H25O11P. The van der Waals surface area contributed by atoms with Gasteiger partial charge < -0.3 is 30.3 Å². The van der Waals surface area contributed by atoms with Gasteiger partial charge in [-0.1, -0.05) is 0 Å². The minimum atomic E-state index is -4.33. The average Bonchev–Trinajstić information content (AvgIpc) is 2.52. The Bertz CT molecular complexity index is 477. The second-order valence-electron chi connectivity index (χ2n) is 5.42. The number of rotatable bonds is 10. The van der Waals surface area contributed by atoms with E-state index in [1.807, 2.05) is 0 Å². The highest BCUT2D eigenvalue weighted by Crippen LogP contribution is 2.54. The number of aliphatic hydroxyl groups is 4. The van der Waals surface area contributed by atoms with Crippen molar-refractivity contribution in [2.24, 2.45) is 0 Å². The van der Waals surface area contributed by atoms with Crippen LogP contribution in [0.3, 0.4) is 0 Å². The predicted molar refractivity (Wildman–Crippen MR) is 81.5 cm³/mol. The summed E-state index contributed by atoms with van der Waals surface area (Å²) < 4.78 is 32.6. The Morgan fingerprint density at radius 1 is 1.32 bits per heavy atom. The number of ether oxygens (including phenoxy) is 1. The SMILES string of the molecule is CCOP(=O)(OCC)O[C@@]1(C(=O)O)C[C@H](O)C[C@H]([C@H](O)[C@H](O)CO)O1. The van der Waals surface area contributed by atoms with Gasteiger partial charge in [0.15, 0.2) is 0 Å². The number of phosphoric ester groups is 1. The van der Waals surface area contributed by atoms with Crippen molar-refractivity contribution in [2.45, 2.75) is 56.9 Å². The van der Waals surface area contributed by atoms with Crippen LogP contribution in [0.1, 0.15) is 26.7 Å². The molecule has 0 aromatic heterocycles. The van der Waals surface area contributed by atoms with Gasteiger partial charge in [-0.15, -0.1) is 0 Å². The number of aliphatic hydroxyl groups excluding tert-OH is 4. The third-order valence-electron chi connectivity index (χ3n) is 3.47. The maximum absolute atomic E-state index is 12.5. The van der Waals surface area contributed by atoms with Crippen molar-refractivity contribution >= 4 is 13.8 Å². The van der Waals surface area contributed by atoms with Gasteiger partial charge in [0.05, 0.1) is 32.0 Å². The molecule has 11 nitrogen and oxygen atoms in total. The van der Waals surface area contributed by atoms with Crippen LogP contribution in [0.4, 0.5) is 0 Å². The second-order valence-corrected chi connectivity index (χ2v) is 7.02. The zero-order valence-electron chi connectivity index (χ0n) is 14.0. The van der Waals surface area contributed by atoms with Crippen molar-refractivity contribution in [3.05, 3.63) is 0 Å². The molecule has 0 unspecified atom stereocenters. The molecule has 1 aliphatic heterocycles. The highest BCUT2D eigenvalue weighted by molar-refractivity contribution is 7.48. The smallest absolute Gasteiger partial charge is 0.477 e. The molecule has 1 heterocycles. The molecule has 0 amide bonds. The van der Waals surface area contributed by atoms with E-state index in [1.54, 1.807) is 0 Å². The predicted octanol–water partition coefficient (Wildman–Crippen LogP) is -0.781. The summed E-state index contributed by atoms with van der Waals surface area (Å²) in [6.07, 6.45) is -6.89. The lowest BCUT2D eigenvalue weighted by molar-refractivity contribution is -0.282. The fourth-order valence-corrected chi connectivity index (χ4v) is 3.76. The van der Waals surface area contributed by atoms with E-state index >= 15 is 0 Å². The first-order chi connectivity index (χ1) is 11.6. The first kappa shape index (κ1) is 22.4. The molecule has 1 saturated heterocycles. The second kappa shape index (κ2) is 9.36. The fourth-order valence-electron chi connectivity index (χ4n) is 2.39. The molecule has 1 fully saturated rings. The summed E-state index contributed by atoms with van der Waals surface area (Å²) in [4.78, 5) is 11.7. The van der Waals surface area contributed by atoms with Gasteiger partial charge in [-0.3, -0.25) is 9.05 Å². The first-order valence-electron chi connectivity index (χ1n) is 7.79. The van der Waals surface area contributed by atoms with Gasteiger partial charge in [-0.05, 0) is 13.8 Å². The van der Waals surface area contributed by atoms with Gasteiger partial charge in [0.2, 0.25) is 0 Å². The van der Waals surface area contributed by atoms with Gasteiger partial charge in [0, 0.05) is 12.8 Å². The van der Waals surface area contributed by atoms with E-state index in [0.717, 1.165) is 0 Å². The van der Waals surface area contributed by atoms with Crippen LogP contribution in [0.2, 0.25) is 0 Å². The summed E-state index contributed by atoms with van der Waals surface area (Å²) in [7, 11) is -4.33. The number of carboxylic acid groups (broad SMARTS) is 1. The van der Waals surface area contributed by atoms with Crippen LogP contribution in [0, 0.1) is 0 Å². The Kier molecular flexibility index (Phi) is 8.39. The maximum atomic E-state index is 12.5. The van der Waals surface area contributed by atoms with Crippen molar-refractivity contribution in [1.82, 2.24) is 0 Å². The van der Waals surface area contributed by atoms with Crippen molar-refractivity contribution in [3.63, 3.8) is 0 Å². The lowest BCUT2D eigenvalue weighted by atomic mass is 9.93. The summed E-state index contributed by atoms with van der Waals surface area (Å²) in [6, 6.07) is 0. The van der Waals surface area contributed by atoms with Crippen LogP contribution in [0.15, 0.2) is 0 Å². The molecule has 148 valence electrons. The maximum Gasteiger partial charge on any atom is 0.477 e. The van der Waals surface area contributed by atoms with Crippen molar-refractivity contribution < 1.29 is 53.2 Å². The highest BCUT2D eigenvalue weighted by atomic mass is 31.2. The Labute approximate surface area is 144 Å². The number of carbonyl (C=O) groups is 1. The first-order valence-corrected chi connectivity index (χ1v) is 9.25. The van der Waals surface area contributed by atoms with Crippen LogP contribution in [-0.2, 0) is 27.7 Å². The van der Waals surface area contributed by atoms with E-state index in [1.165, 1.54) is 13.8 Å². The number of carboxylic acids is 1. The third-order valence-corrected chi connectivity index (χ3v) is 5.14. The van der Waals surface area contributed by atoms with Gasteiger partial charge >= 0.3 is 13.8 Å². The minimum absolute atomic E-state index is 0.106. The van der Waals surface area contributed by atoms with E-state index in [9.17, 15) is 29.8 Å². The fraction of sp³-hybridized carbons (Fsp3) is 0.923. The van der Waals surface area contributed by atoms with Gasteiger partial charge in [0.25, 0.3) is 5.79 Å². The van der Waals surface area contributed by atoms with Crippen molar-refractivity contribution in [3.8, 4) is 0 Å². The summed E-state index contributed by atoms with van der Waals surface area (Å²) in [6.45, 7) is 1.95. The van der Waals surface area contributed by atoms with Crippen molar-refractivity contribution in [2.75, 3.05) is 19.8 Å². The molecular weight excluding hydrogens is 363 g/mol. The molecule has 0 aliphatic carbocycles. The van der Waals surface area contributed by atoms with Gasteiger partial charge in [-0.25, -0.2) is 13.9 Å². The summed E-state index contributed by atoms with van der Waals surface area (Å²) in [5, 5.41) is 47.9. The van der Waals surface area contributed by atoms with Crippen LogP contribution < -0.4 is 0 Å².